The van der Waals surface area contributed by atoms with Crippen molar-refractivity contribution < 1.29 is 10.3 Å². The molecule has 0 aliphatic heterocycles. The molecule has 0 bridgehead atoms. The molecule has 3 N–H and O–H groups in total. The van der Waals surface area contributed by atoms with Crippen molar-refractivity contribution in [3.63, 3.8) is 0 Å². The van der Waals surface area contributed by atoms with Crippen LogP contribution in [0.25, 0.3) is 10.4 Å². The van der Waals surface area contributed by atoms with Crippen LogP contribution < -0.4 is 15.5 Å². The number of thiazole rings is 1. The quantitative estimate of drug-likeness (QED) is 0.592. The van der Waals surface area contributed by atoms with Crippen LogP contribution in [0.15, 0.2) is 24.4 Å². The minimum atomic E-state index is 0.0865. The summed E-state index contributed by atoms with van der Waals surface area (Å²) in [5.74, 6) is 0.579. The lowest BCUT2D eigenvalue weighted by atomic mass is 9.90. The van der Waals surface area contributed by atoms with Gasteiger partial charge in [-0.25, -0.2) is 10.4 Å². The Balaban J connectivity index is 1.92. The van der Waals surface area contributed by atoms with Gasteiger partial charge in [-0.05, 0) is 31.0 Å². The molecule has 0 atom stereocenters. The molecule has 6 nitrogen and oxygen atoms in total. The van der Waals surface area contributed by atoms with E-state index in [-0.39, 0.29) is 6.61 Å². The highest BCUT2D eigenvalue weighted by Crippen LogP contribution is 2.40. The van der Waals surface area contributed by atoms with Gasteiger partial charge in [0.25, 0.3) is 0 Å². The van der Waals surface area contributed by atoms with E-state index < -0.39 is 0 Å². The predicted molar refractivity (Wildman–Crippen MR) is 112 cm³/mol. The molecule has 2 aromatic rings. The van der Waals surface area contributed by atoms with Gasteiger partial charge in [0.05, 0.1) is 22.2 Å². The van der Waals surface area contributed by atoms with Crippen LogP contribution in [0.2, 0.25) is 0 Å². The van der Waals surface area contributed by atoms with Crippen LogP contribution in [-0.4, -0.2) is 42.0 Å². The summed E-state index contributed by atoms with van der Waals surface area (Å²) in [5, 5.41) is 22.0. The highest BCUT2D eigenvalue weighted by molar-refractivity contribution is 7.15. The molecule has 7 heteroatoms. The lowest BCUT2D eigenvalue weighted by Gasteiger charge is -2.24. The summed E-state index contributed by atoms with van der Waals surface area (Å²) in [6, 6.07) is 5.99. The fourth-order valence-corrected chi connectivity index (χ4v) is 4.73. The minimum absolute atomic E-state index is 0.0865. The monoisotopic (exact) mass is 390 g/mol. The number of likely N-dealkylation sites (N-methyl/N-ethyl adjacent to an activating group) is 1. The van der Waals surface area contributed by atoms with Crippen LogP contribution in [0, 0.1) is 0 Å². The maximum atomic E-state index is 10.5. The summed E-state index contributed by atoms with van der Waals surface area (Å²) in [7, 11) is 1.93. The maximum absolute atomic E-state index is 10.5. The summed E-state index contributed by atoms with van der Waals surface area (Å²) in [4.78, 5) is 7.74. The first-order valence-electron chi connectivity index (χ1n) is 9.78. The predicted octanol–water partition coefficient (Wildman–Crippen LogP) is 4.01. The third-order valence-electron chi connectivity index (χ3n) is 5.14. The second kappa shape index (κ2) is 9.50. The van der Waals surface area contributed by atoms with E-state index in [0.717, 1.165) is 21.3 Å². The Morgan fingerprint density at radius 3 is 2.74 bits per heavy atom. The number of benzene rings is 1. The SMILES string of the molecule is CCNN(O)c1cc(N(C)CCO)ccc1-c1cnc(C2CCCCC2)s1. The highest BCUT2D eigenvalue weighted by Gasteiger charge is 2.21. The lowest BCUT2D eigenvalue weighted by Crippen LogP contribution is -2.35. The maximum Gasteiger partial charge on any atom is 0.0962 e. The molecule has 148 valence electrons. The number of nitrogens with one attached hydrogen (secondary N) is 1. The summed E-state index contributed by atoms with van der Waals surface area (Å²) >= 11 is 1.74. The normalized spacial score (nSPS) is 15.1. The molecule has 0 saturated heterocycles. The third-order valence-corrected chi connectivity index (χ3v) is 6.33. The second-order valence-electron chi connectivity index (χ2n) is 7.07. The van der Waals surface area contributed by atoms with Crippen molar-refractivity contribution in [3.8, 4) is 10.4 Å². The molecule has 0 amide bonds. The number of aliphatic hydroxyl groups excluding tert-OH is 1. The number of aromatic nitrogens is 1. The molecule has 1 fully saturated rings. The van der Waals surface area contributed by atoms with Crippen molar-refractivity contribution in [1.29, 1.82) is 0 Å². The number of rotatable bonds is 8. The van der Waals surface area contributed by atoms with Gasteiger partial charge in [-0.3, -0.25) is 5.21 Å². The summed E-state index contributed by atoms with van der Waals surface area (Å²) in [6.07, 6.45) is 8.32. The van der Waals surface area contributed by atoms with Gasteiger partial charge in [0.2, 0.25) is 0 Å². The zero-order valence-corrected chi connectivity index (χ0v) is 17.0. The van der Waals surface area contributed by atoms with Crippen molar-refractivity contribution in [3.05, 3.63) is 29.4 Å². The van der Waals surface area contributed by atoms with E-state index in [2.05, 4.69) is 5.43 Å². The van der Waals surface area contributed by atoms with Gasteiger partial charge in [0.1, 0.15) is 0 Å². The van der Waals surface area contributed by atoms with Crippen molar-refractivity contribution in [2.24, 2.45) is 0 Å². The molecule has 1 aromatic carbocycles. The smallest absolute Gasteiger partial charge is 0.0962 e. The second-order valence-corrected chi connectivity index (χ2v) is 8.13. The molecule has 1 aromatic heterocycles. The van der Waals surface area contributed by atoms with E-state index >= 15 is 0 Å². The van der Waals surface area contributed by atoms with Crippen LogP contribution in [-0.2, 0) is 0 Å². The van der Waals surface area contributed by atoms with E-state index in [4.69, 9.17) is 4.98 Å². The zero-order chi connectivity index (χ0) is 19.2. The molecule has 1 aliphatic rings. The molecular weight excluding hydrogens is 360 g/mol. The van der Waals surface area contributed by atoms with Crippen LogP contribution >= 0.6 is 11.3 Å². The molecule has 27 heavy (non-hydrogen) atoms. The van der Waals surface area contributed by atoms with Gasteiger partial charge >= 0.3 is 0 Å². The Bertz CT molecular complexity index is 731. The fraction of sp³-hybridized carbons (Fsp3) is 0.550. The number of aliphatic hydroxyl groups is 1. The van der Waals surface area contributed by atoms with Gasteiger partial charge in [-0.15, -0.1) is 11.3 Å². The molecule has 0 spiro atoms. The Kier molecular flexibility index (Phi) is 7.07. The number of hydrogen-bond acceptors (Lipinski definition) is 7. The first kappa shape index (κ1) is 20.1. The van der Waals surface area contributed by atoms with E-state index in [1.54, 1.807) is 11.3 Å². The number of anilines is 2. The molecule has 0 unspecified atom stereocenters. The Hall–Kier alpha value is -1.67. The van der Waals surface area contributed by atoms with Crippen LogP contribution in [0.1, 0.15) is 50.0 Å². The summed E-state index contributed by atoms with van der Waals surface area (Å²) < 4.78 is 0. The molecule has 1 heterocycles. The van der Waals surface area contributed by atoms with E-state index in [1.807, 2.05) is 43.3 Å². The number of hydrazine groups is 1. The van der Waals surface area contributed by atoms with E-state index in [0.29, 0.717) is 24.7 Å². The zero-order valence-electron chi connectivity index (χ0n) is 16.2. The lowest BCUT2D eigenvalue weighted by molar-refractivity contribution is 0.214. The first-order chi connectivity index (χ1) is 13.1. The average Bonchev–Trinajstić information content (AvgIpc) is 3.18. The van der Waals surface area contributed by atoms with Crippen LogP contribution in [0.5, 0.6) is 0 Å². The molecule has 1 aliphatic carbocycles. The highest BCUT2D eigenvalue weighted by atomic mass is 32.1. The Morgan fingerprint density at radius 1 is 1.26 bits per heavy atom. The Labute approximate surface area is 165 Å². The summed E-state index contributed by atoms with van der Waals surface area (Å²) in [6.45, 7) is 3.18. The van der Waals surface area contributed by atoms with E-state index in [9.17, 15) is 10.3 Å². The van der Waals surface area contributed by atoms with Gasteiger partial charge in [0, 0.05) is 43.5 Å². The molecule has 3 rings (SSSR count). The largest absolute Gasteiger partial charge is 0.395 e. The molecule has 1 saturated carbocycles. The van der Waals surface area contributed by atoms with Gasteiger partial charge in [0.15, 0.2) is 0 Å². The van der Waals surface area contributed by atoms with Gasteiger partial charge < -0.3 is 10.0 Å². The topological polar surface area (TPSA) is 71.9 Å². The van der Waals surface area contributed by atoms with Crippen LogP contribution in [0.3, 0.4) is 0 Å². The number of nitrogens with zero attached hydrogens (tertiary/aromatic N) is 3. The van der Waals surface area contributed by atoms with Crippen molar-refractivity contribution in [1.82, 2.24) is 10.4 Å². The minimum Gasteiger partial charge on any atom is -0.395 e. The van der Waals surface area contributed by atoms with Crippen molar-refractivity contribution in [2.75, 3.05) is 36.8 Å². The van der Waals surface area contributed by atoms with Crippen molar-refractivity contribution >= 4 is 22.7 Å². The fourth-order valence-electron chi connectivity index (χ4n) is 3.61. The van der Waals surface area contributed by atoms with Gasteiger partial charge in [-0.2, -0.15) is 5.17 Å². The third kappa shape index (κ3) is 4.79. The molecule has 0 radical (unpaired) electrons. The van der Waals surface area contributed by atoms with Crippen molar-refractivity contribution in [2.45, 2.75) is 44.9 Å². The summed E-state index contributed by atoms with van der Waals surface area (Å²) in [5.41, 5.74) is 5.54. The number of hydrogen-bond donors (Lipinski definition) is 3. The first-order valence-corrected chi connectivity index (χ1v) is 10.6. The Morgan fingerprint density at radius 2 is 2.04 bits per heavy atom. The van der Waals surface area contributed by atoms with Crippen LogP contribution in [0.4, 0.5) is 11.4 Å². The van der Waals surface area contributed by atoms with Gasteiger partial charge in [-0.1, -0.05) is 26.2 Å². The average molecular weight is 391 g/mol. The van der Waals surface area contributed by atoms with E-state index in [1.165, 1.54) is 37.1 Å². The standard InChI is InChI=1S/C20H30N4O2S/c1-3-22-24(26)18-13-16(23(2)11-12-25)9-10-17(18)19-14-21-20(27-19)15-7-5-4-6-8-15/h9-10,13-15,22,25-26H,3-8,11-12H2,1-2H3. The molecular formula is C20H30N4O2S.